The number of thiocarbonyl (C=S) groups is 1. The summed E-state index contributed by atoms with van der Waals surface area (Å²) in [5.41, 5.74) is 3.26. The highest BCUT2D eigenvalue weighted by Gasteiger charge is 2.32. The van der Waals surface area contributed by atoms with Gasteiger partial charge >= 0.3 is 0 Å². The van der Waals surface area contributed by atoms with Gasteiger partial charge in [-0.1, -0.05) is 54.8 Å². The maximum absolute atomic E-state index is 13.5. The average molecular weight is 496 g/mol. The molecule has 34 heavy (non-hydrogen) atoms. The van der Waals surface area contributed by atoms with E-state index in [1.54, 1.807) is 18.0 Å². The molecule has 2 aromatic carbocycles. The van der Waals surface area contributed by atoms with Gasteiger partial charge in [0.05, 0.1) is 11.4 Å². The maximum atomic E-state index is 13.5. The van der Waals surface area contributed by atoms with E-state index < -0.39 is 6.17 Å². The molecule has 2 heterocycles. The standard InChI is InChI=1S/C26H30ClN5OS/c1-30-22-12-11-19(27)17-21(22)23(18-7-3-2-4-8-18)28-24(25(30)33)29-26(34)32-15-13-31(14-16-32)20-9-5-6-10-20/h2-4,7-8,11-12,17,20,24H,5-6,9-10,13-16H2,1H3,(H,29,34). The molecule has 1 amide bonds. The quantitative estimate of drug-likeness (QED) is 0.654. The number of fused-ring (bicyclic) bond motifs is 1. The number of nitrogens with zero attached hydrogens (tertiary/aromatic N) is 4. The molecule has 2 fully saturated rings. The van der Waals surface area contributed by atoms with Crippen molar-refractivity contribution in [2.24, 2.45) is 4.99 Å². The molecule has 178 valence electrons. The van der Waals surface area contributed by atoms with E-state index in [4.69, 9.17) is 28.8 Å². The molecule has 5 rings (SSSR count). The predicted molar refractivity (Wildman–Crippen MR) is 142 cm³/mol. The first-order valence-corrected chi connectivity index (χ1v) is 12.8. The summed E-state index contributed by atoms with van der Waals surface area (Å²) in [6.45, 7) is 3.75. The van der Waals surface area contributed by atoms with Gasteiger partial charge in [0, 0.05) is 55.4 Å². The average Bonchev–Trinajstić information content (AvgIpc) is 3.38. The Morgan fingerprint density at radius 2 is 1.76 bits per heavy atom. The number of carbonyl (C=O) groups is 1. The van der Waals surface area contributed by atoms with Gasteiger partial charge in [0.25, 0.3) is 5.91 Å². The van der Waals surface area contributed by atoms with Crippen molar-refractivity contribution in [3.05, 3.63) is 64.7 Å². The third-order valence-electron chi connectivity index (χ3n) is 7.15. The molecule has 0 aromatic heterocycles. The Labute approximate surface area is 211 Å². The molecule has 6 nitrogen and oxygen atoms in total. The molecule has 0 spiro atoms. The highest BCUT2D eigenvalue weighted by atomic mass is 35.5. The lowest BCUT2D eigenvalue weighted by Crippen LogP contribution is -2.56. The SMILES string of the molecule is CN1C(=O)C(NC(=S)N2CCN(C3CCCC3)CC2)N=C(c2ccccc2)c2cc(Cl)ccc21. The second kappa shape index (κ2) is 10.0. The van der Waals surface area contributed by atoms with Crippen LogP contribution in [0.5, 0.6) is 0 Å². The third-order valence-corrected chi connectivity index (χ3v) is 7.76. The Kier molecular flexibility index (Phi) is 6.86. The normalized spacial score (nSPS) is 21.8. The van der Waals surface area contributed by atoms with Crippen molar-refractivity contribution in [3.8, 4) is 0 Å². The number of carbonyl (C=O) groups excluding carboxylic acids is 1. The minimum absolute atomic E-state index is 0.151. The topological polar surface area (TPSA) is 51.2 Å². The van der Waals surface area contributed by atoms with Gasteiger partial charge < -0.3 is 15.1 Å². The lowest BCUT2D eigenvalue weighted by molar-refractivity contribution is -0.119. The Morgan fingerprint density at radius 3 is 2.47 bits per heavy atom. The van der Waals surface area contributed by atoms with Crippen LogP contribution in [0.4, 0.5) is 5.69 Å². The fraction of sp³-hybridized carbons (Fsp3) is 0.423. The fourth-order valence-corrected chi connectivity index (χ4v) is 5.70. The predicted octanol–water partition coefficient (Wildman–Crippen LogP) is 3.91. The molecule has 2 aliphatic heterocycles. The van der Waals surface area contributed by atoms with Crippen LogP contribution in [0.15, 0.2) is 53.5 Å². The third kappa shape index (κ3) is 4.69. The number of likely N-dealkylation sites (N-methyl/N-ethyl adjacent to an activating group) is 1. The first-order chi connectivity index (χ1) is 16.5. The number of aliphatic imine (C=N–C) groups is 1. The Balaban J connectivity index is 1.38. The van der Waals surface area contributed by atoms with Crippen LogP contribution < -0.4 is 10.2 Å². The van der Waals surface area contributed by atoms with E-state index in [1.165, 1.54) is 25.7 Å². The molecular formula is C26H30ClN5OS. The summed E-state index contributed by atoms with van der Waals surface area (Å²) in [7, 11) is 1.77. The summed E-state index contributed by atoms with van der Waals surface area (Å²) in [4.78, 5) is 24.8. The maximum Gasteiger partial charge on any atom is 0.272 e. The molecule has 1 saturated heterocycles. The number of nitrogens with one attached hydrogen (secondary N) is 1. The zero-order valence-electron chi connectivity index (χ0n) is 19.4. The molecule has 2 aromatic rings. The summed E-state index contributed by atoms with van der Waals surface area (Å²) in [5.74, 6) is -0.151. The van der Waals surface area contributed by atoms with Crippen molar-refractivity contribution >= 4 is 46.2 Å². The fourth-order valence-electron chi connectivity index (χ4n) is 5.23. The van der Waals surface area contributed by atoms with E-state index in [9.17, 15) is 4.79 Å². The van der Waals surface area contributed by atoms with E-state index in [2.05, 4.69) is 15.1 Å². The number of hydrogen-bond acceptors (Lipinski definition) is 4. The van der Waals surface area contributed by atoms with Crippen LogP contribution in [0.25, 0.3) is 0 Å². The van der Waals surface area contributed by atoms with Crippen molar-refractivity contribution < 1.29 is 4.79 Å². The van der Waals surface area contributed by atoms with E-state index in [1.807, 2.05) is 42.5 Å². The van der Waals surface area contributed by atoms with Crippen LogP contribution >= 0.6 is 23.8 Å². The number of anilines is 1. The monoisotopic (exact) mass is 495 g/mol. The van der Waals surface area contributed by atoms with Crippen LogP contribution in [0.1, 0.15) is 36.8 Å². The summed E-state index contributed by atoms with van der Waals surface area (Å²) in [6.07, 6.45) is 4.50. The highest BCUT2D eigenvalue weighted by molar-refractivity contribution is 7.80. The summed E-state index contributed by atoms with van der Waals surface area (Å²) >= 11 is 12.1. The zero-order chi connectivity index (χ0) is 23.7. The smallest absolute Gasteiger partial charge is 0.272 e. The molecule has 0 radical (unpaired) electrons. The van der Waals surface area contributed by atoms with E-state index >= 15 is 0 Å². The summed E-state index contributed by atoms with van der Waals surface area (Å²) in [6, 6.07) is 16.2. The molecule has 8 heteroatoms. The van der Waals surface area contributed by atoms with Gasteiger partial charge in [-0.2, -0.15) is 0 Å². The summed E-state index contributed by atoms with van der Waals surface area (Å²) < 4.78 is 0. The van der Waals surface area contributed by atoms with Gasteiger partial charge in [0.1, 0.15) is 0 Å². The Bertz CT molecular complexity index is 1090. The van der Waals surface area contributed by atoms with E-state index in [-0.39, 0.29) is 5.91 Å². The molecule has 3 aliphatic rings. The second-order valence-corrected chi connectivity index (χ2v) is 10.0. The van der Waals surface area contributed by atoms with Crippen molar-refractivity contribution in [1.29, 1.82) is 0 Å². The molecule has 1 unspecified atom stereocenters. The lowest BCUT2D eigenvalue weighted by Gasteiger charge is -2.39. The van der Waals surface area contributed by atoms with Crippen molar-refractivity contribution in [2.75, 3.05) is 38.1 Å². The van der Waals surface area contributed by atoms with Gasteiger partial charge in [-0.15, -0.1) is 0 Å². The molecule has 0 bridgehead atoms. The molecular weight excluding hydrogens is 466 g/mol. The van der Waals surface area contributed by atoms with Crippen LogP contribution in [-0.4, -0.2) is 72.0 Å². The number of benzene rings is 2. The number of piperazine rings is 1. The van der Waals surface area contributed by atoms with E-state index in [0.717, 1.165) is 54.7 Å². The number of benzodiazepines with no additional fused rings is 1. The van der Waals surface area contributed by atoms with Gasteiger partial charge in [-0.25, -0.2) is 4.99 Å². The largest absolute Gasteiger partial charge is 0.347 e. The number of amides is 1. The van der Waals surface area contributed by atoms with Crippen molar-refractivity contribution in [3.63, 3.8) is 0 Å². The number of rotatable bonds is 3. The first-order valence-electron chi connectivity index (χ1n) is 12.0. The zero-order valence-corrected chi connectivity index (χ0v) is 21.0. The minimum Gasteiger partial charge on any atom is -0.347 e. The van der Waals surface area contributed by atoms with Crippen molar-refractivity contribution in [2.45, 2.75) is 37.9 Å². The lowest BCUT2D eigenvalue weighted by atomic mass is 10.0. The van der Waals surface area contributed by atoms with Crippen LogP contribution in [-0.2, 0) is 4.79 Å². The Morgan fingerprint density at radius 1 is 1.06 bits per heavy atom. The summed E-state index contributed by atoms with van der Waals surface area (Å²) in [5, 5.41) is 4.45. The van der Waals surface area contributed by atoms with Gasteiger partial charge in [0.15, 0.2) is 5.11 Å². The molecule has 1 saturated carbocycles. The number of hydrogen-bond donors (Lipinski definition) is 1. The molecule has 1 aliphatic carbocycles. The van der Waals surface area contributed by atoms with Crippen LogP contribution in [0, 0.1) is 0 Å². The number of halogens is 1. The van der Waals surface area contributed by atoms with Gasteiger partial charge in [0.2, 0.25) is 6.17 Å². The minimum atomic E-state index is -0.813. The van der Waals surface area contributed by atoms with Gasteiger partial charge in [-0.05, 0) is 43.3 Å². The van der Waals surface area contributed by atoms with E-state index in [0.29, 0.717) is 10.1 Å². The highest BCUT2D eigenvalue weighted by Crippen LogP contribution is 2.30. The molecule has 1 atom stereocenters. The van der Waals surface area contributed by atoms with Crippen molar-refractivity contribution in [1.82, 2.24) is 15.1 Å². The van der Waals surface area contributed by atoms with Gasteiger partial charge in [-0.3, -0.25) is 9.69 Å². The first kappa shape index (κ1) is 23.3. The van der Waals surface area contributed by atoms with Crippen LogP contribution in [0.2, 0.25) is 5.02 Å². The second-order valence-electron chi connectivity index (χ2n) is 9.22. The molecule has 1 N–H and O–H groups in total. The Hall–Kier alpha value is -2.48. The van der Waals surface area contributed by atoms with Crippen LogP contribution in [0.3, 0.4) is 0 Å².